The van der Waals surface area contributed by atoms with Crippen molar-refractivity contribution in [3.05, 3.63) is 23.8 Å². The fourth-order valence-corrected chi connectivity index (χ4v) is 2.07. The van der Waals surface area contributed by atoms with Crippen LogP contribution >= 0.6 is 0 Å². The van der Waals surface area contributed by atoms with Gasteiger partial charge >= 0.3 is 5.97 Å². The minimum atomic E-state index is -1.01. The first kappa shape index (κ1) is 15.0. The molecule has 0 radical (unpaired) electrons. The van der Waals surface area contributed by atoms with E-state index in [-0.39, 0.29) is 11.7 Å². The topological polar surface area (TPSA) is 92.7 Å². The molecule has 0 bridgehead atoms. The molecule has 1 aliphatic heterocycles. The lowest BCUT2D eigenvalue weighted by atomic mass is 9.88. The number of rotatable bonds is 4. The van der Waals surface area contributed by atoms with E-state index >= 15 is 0 Å². The highest BCUT2D eigenvalue weighted by Crippen LogP contribution is 2.31. The van der Waals surface area contributed by atoms with E-state index in [0.29, 0.717) is 17.0 Å². The summed E-state index contributed by atoms with van der Waals surface area (Å²) in [6.07, 6.45) is -0.579. The molecule has 3 unspecified atom stereocenters. The van der Waals surface area contributed by atoms with Gasteiger partial charge in [-0.1, -0.05) is 13.8 Å². The van der Waals surface area contributed by atoms with E-state index in [2.05, 4.69) is 5.32 Å². The number of ether oxygens (including phenoxy) is 1. The third kappa shape index (κ3) is 2.89. The standard InChI is InChI=1S/C15H17NO5/c1-7(8(2)15(19)20)13(17)10-4-5-12-11(6-10)16-14(18)9(3)21-12/h4-9H,1-3H3,(H,16,18)(H,19,20). The van der Waals surface area contributed by atoms with Crippen molar-refractivity contribution in [2.24, 2.45) is 11.8 Å². The highest BCUT2D eigenvalue weighted by Gasteiger charge is 2.29. The minimum absolute atomic E-state index is 0.277. The molecule has 0 saturated heterocycles. The number of carboxylic acid groups (broad SMARTS) is 1. The lowest BCUT2D eigenvalue weighted by molar-refractivity contribution is -0.142. The molecule has 2 rings (SSSR count). The van der Waals surface area contributed by atoms with E-state index in [1.165, 1.54) is 13.0 Å². The molecule has 0 saturated carbocycles. The number of fused-ring (bicyclic) bond motifs is 1. The van der Waals surface area contributed by atoms with Crippen molar-refractivity contribution in [1.29, 1.82) is 0 Å². The Morgan fingerprint density at radius 3 is 2.57 bits per heavy atom. The van der Waals surface area contributed by atoms with Gasteiger partial charge in [0, 0.05) is 11.5 Å². The maximum absolute atomic E-state index is 12.3. The van der Waals surface area contributed by atoms with Gasteiger partial charge in [0.15, 0.2) is 11.9 Å². The van der Waals surface area contributed by atoms with Crippen LogP contribution in [0.15, 0.2) is 18.2 Å². The molecule has 1 amide bonds. The number of carboxylic acids is 1. The number of ketones is 1. The molecule has 21 heavy (non-hydrogen) atoms. The summed E-state index contributed by atoms with van der Waals surface area (Å²) < 4.78 is 5.41. The summed E-state index contributed by atoms with van der Waals surface area (Å²) in [6, 6.07) is 4.71. The maximum Gasteiger partial charge on any atom is 0.306 e. The summed E-state index contributed by atoms with van der Waals surface area (Å²) >= 11 is 0. The van der Waals surface area contributed by atoms with E-state index in [4.69, 9.17) is 9.84 Å². The van der Waals surface area contributed by atoms with Crippen LogP contribution in [0.4, 0.5) is 5.69 Å². The molecule has 2 N–H and O–H groups in total. The van der Waals surface area contributed by atoms with Crippen LogP contribution in [0, 0.1) is 11.8 Å². The van der Waals surface area contributed by atoms with Crippen molar-refractivity contribution < 1.29 is 24.2 Å². The van der Waals surface area contributed by atoms with Crippen LogP contribution in [0.3, 0.4) is 0 Å². The second-order valence-electron chi connectivity index (χ2n) is 5.24. The molecular weight excluding hydrogens is 274 g/mol. The summed E-state index contributed by atoms with van der Waals surface area (Å²) in [6.45, 7) is 4.71. The van der Waals surface area contributed by atoms with Gasteiger partial charge in [0.05, 0.1) is 11.6 Å². The maximum atomic E-state index is 12.3. The summed E-state index contributed by atoms with van der Waals surface area (Å²) in [5, 5.41) is 11.6. The summed E-state index contributed by atoms with van der Waals surface area (Å²) in [5.74, 6) is -2.50. The molecule has 3 atom stereocenters. The monoisotopic (exact) mass is 291 g/mol. The highest BCUT2D eigenvalue weighted by atomic mass is 16.5. The van der Waals surface area contributed by atoms with Crippen LogP contribution in [0.5, 0.6) is 5.75 Å². The van der Waals surface area contributed by atoms with E-state index in [0.717, 1.165) is 0 Å². The number of anilines is 1. The number of aliphatic carboxylic acids is 1. The normalized spacial score (nSPS) is 19.8. The van der Waals surface area contributed by atoms with E-state index in [1.807, 2.05) is 0 Å². The van der Waals surface area contributed by atoms with Gasteiger partial charge in [-0.25, -0.2) is 0 Å². The Labute approximate surface area is 122 Å². The Hall–Kier alpha value is -2.37. The first-order chi connectivity index (χ1) is 9.81. The molecule has 0 aliphatic carbocycles. The van der Waals surface area contributed by atoms with Crippen LogP contribution in [-0.2, 0) is 9.59 Å². The average molecular weight is 291 g/mol. The van der Waals surface area contributed by atoms with Crippen LogP contribution < -0.4 is 10.1 Å². The van der Waals surface area contributed by atoms with Gasteiger partial charge in [0.25, 0.3) is 5.91 Å². The molecule has 1 heterocycles. The van der Waals surface area contributed by atoms with Crippen LogP contribution in [0.2, 0.25) is 0 Å². The number of carbonyl (C=O) groups is 3. The Morgan fingerprint density at radius 1 is 1.29 bits per heavy atom. The third-order valence-corrected chi connectivity index (χ3v) is 3.75. The first-order valence-corrected chi connectivity index (χ1v) is 6.70. The van der Waals surface area contributed by atoms with Crippen molar-refractivity contribution in [1.82, 2.24) is 0 Å². The number of Topliss-reactive ketones (excluding diaryl/α,β-unsaturated/α-hetero) is 1. The van der Waals surface area contributed by atoms with Gasteiger partial charge in [-0.05, 0) is 25.1 Å². The lowest BCUT2D eigenvalue weighted by Crippen LogP contribution is -2.34. The number of hydrogen-bond acceptors (Lipinski definition) is 4. The largest absolute Gasteiger partial charge is 0.481 e. The fourth-order valence-electron chi connectivity index (χ4n) is 2.07. The zero-order chi connectivity index (χ0) is 15.7. The smallest absolute Gasteiger partial charge is 0.306 e. The average Bonchev–Trinajstić information content (AvgIpc) is 2.45. The van der Waals surface area contributed by atoms with Gasteiger partial charge in [-0.15, -0.1) is 0 Å². The van der Waals surface area contributed by atoms with Gasteiger partial charge in [-0.2, -0.15) is 0 Å². The number of benzene rings is 1. The summed E-state index contributed by atoms with van der Waals surface area (Å²) in [4.78, 5) is 34.8. The molecule has 6 heteroatoms. The zero-order valence-electron chi connectivity index (χ0n) is 12.0. The van der Waals surface area contributed by atoms with Gasteiger partial charge in [0.2, 0.25) is 0 Å². The molecular formula is C15H17NO5. The molecule has 112 valence electrons. The second kappa shape index (κ2) is 5.55. The van der Waals surface area contributed by atoms with Crippen molar-refractivity contribution in [3.63, 3.8) is 0 Å². The Bertz CT molecular complexity index is 610. The van der Waals surface area contributed by atoms with E-state index in [9.17, 15) is 14.4 Å². The third-order valence-electron chi connectivity index (χ3n) is 3.75. The van der Waals surface area contributed by atoms with E-state index in [1.54, 1.807) is 26.0 Å². The SMILES string of the molecule is CC1Oc2ccc(C(=O)C(C)C(C)C(=O)O)cc2NC1=O. The molecule has 1 aliphatic rings. The number of amides is 1. The summed E-state index contributed by atoms with van der Waals surface area (Å²) in [7, 11) is 0. The first-order valence-electron chi connectivity index (χ1n) is 6.70. The van der Waals surface area contributed by atoms with Gasteiger partial charge in [0.1, 0.15) is 5.75 Å². The fraction of sp³-hybridized carbons (Fsp3) is 0.400. The van der Waals surface area contributed by atoms with Crippen molar-refractivity contribution in [3.8, 4) is 5.75 Å². The number of nitrogens with one attached hydrogen (secondary N) is 1. The minimum Gasteiger partial charge on any atom is -0.481 e. The molecule has 0 aromatic heterocycles. The molecule has 6 nitrogen and oxygen atoms in total. The van der Waals surface area contributed by atoms with Crippen molar-refractivity contribution in [2.45, 2.75) is 26.9 Å². The predicted molar refractivity (Wildman–Crippen MR) is 75.5 cm³/mol. The van der Waals surface area contributed by atoms with Gasteiger partial charge < -0.3 is 15.2 Å². The second-order valence-corrected chi connectivity index (χ2v) is 5.24. The van der Waals surface area contributed by atoms with E-state index < -0.39 is 23.9 Å². The highest BCUT2D eigenvalue weighted by molar-refractivity contribution is 6.03. The van der Waals surface area contributed by atoms with Crippen LogP contribution in [0.25, 0.3) is 0 Å². The molecule has 0 spiro atoms. The molecule has 1 aromatic rings. The molecule has 0 fully saturated rings. The Kier molecular flexibility index (Phi) is 3.97. The Balaban J connectivity index is 2.26. The quantitative estimate of drug-likeness (QED) is 0.827. The molecule has 1 aromatic carbocycles. The van der Waals surface area contributed by atoms with Crippen LogP contribution in [0.1, 0.15) is 31.1 Å². The van der Waals surface area contributed by atoms with Gasteiger partial charge in [-0.3, -0.25) is 14.4 Å². The zero-order valence-corrected chi connectivity index (χ0v) is 12.0. The van der Waals surface area contributed by atoms with Crippen molar-refractivity contribution in [2.75, 3.05) is 5.32 Å². The lowest BCUT2D eigenvalue weighted by Gasteiger charge is -2.24. The van der Waals surface area contributed by atoms with Crippen LogP contribution in [-0.4, -0.2) is 28.9 Å². The van der Waals surface area contributed by atoms with Crippen molar-refractivity contribution >= 4 is 23.3 Å². The number of carbonyl (C=O) groups excluding carboxylic acids is 2. The Morgan fingerprint density at radius 2 is 1.95 bits per heavy atom. The predicted octanol–water partition coefficient (Wildman–Crippen LogP) is 1.95. The number of hydrogen-bond donors (Lipinski definition) is 2. The summed E-state index contributed by atoms with van der Waals surface area (Å²) in [5.41, 5.74) is 0.784.